The van der Waals surface area contributed by atoms with E-state index in [0.717, 1.165) is 12.5 Å². The first-order valence-electron chi connectivity index (χ1n) is 7.98. The van der Waals surface area contributed by atoms with E-state index in [1.807, 2.05) is 0 Å². The summed E-state index contributed by atoms with van der Waals surface area (Å²) >= 11 is 0. The summed E-state index contributed by atoms with van der Waals surface area (Å²) in [6.45, 7) is 5.34. The van der Waals surface area contributed by atoms with Crippen molar-refractivity contribution in [2.24, 2.45) is 11.1 Å². The van der Waals surface area contributed by atoms with Crippen LogP contribution in [0.3, 0.4) is 0 Å². The van der Waals surface area contributed by atoms with Gasteiger partial charge in [0.1, 0.15) is 0 Å². The highest BCUT2D eigenvalue weighted by molar-refractivity contribution is 5.82. The molecule has 0 saturated heterocycles. The molecule has 0 aliphatic heterocycles. The van der Waals surface area contributed by atoms with Crippen LogP contribution in [0.4, 0.5) is 0 Å². The van der Waals surface area contributed by atoms with E-state index >= 15 is 0 Å². The molecule has 19 heavy (non-hydrogen) atoms. The van der Waals surface area contributed by atoms with E-state index in [2.05, 4.69) is 25.8 Å². The number of amidine groups is 1. The van der Waals surface area contributed by atoms with Gasteiger partial charge in [-0.25, -0.2) is 0 Å². The molecule has 0 atom stereocenters. The molecule has 1 rings (SSSR count). The predicted molar refractivity (Wildman–Crippen MR) is 83.7 cm³/mol. The van der Waals surface area contributed by atoms with Gasteiger partial charge >= 0.3 is 0 Å². The van der Waals surface area contributed by atoms with Crippen LogP contribution in [-0.2, 0) is 0 Å². The van der Waals surface area contributed by atoms with Gasteiger partial charge in [0.25, 0.3) is 0 Å². The lowest BCUT2D eigenvalue weighted by molar-refractivity contribution is 0.214. The van der Waals surface area contributed by atoms with E-state index in [1.165, 1.54) is 57.9 Å². The third-order valence-electron chi connectivity index (χ3n) is 4.74. The van der Waals surface area contributed by atoms with Gasteiger partial charge in [0.2, 0.25) is 0 Å². The second-order valence-corrected chi connectivity index (χ2v) is 6.88. The molecule has 0 amide bonds. The van der Waals surface area contributed by atoms with Crippen LogP contribution in [0.1, 0.15) is 71.6 Å². The average molecular weight is 267 g/mol. The Morgan fingerprint density at radius 1 is 1.16 bits per heavy atom. The standard InChI is InChI=1S/C16H33N3/c1-16(2,15(17)18)12-8-9-13-19(3)14-10-6-4-5-7-11-14/h14H,4-13H2,1-3H3,(H3,17,18). The summed E-state index contributed by atoms with van der Waals surface area (Å²) in [4.78, 5) is 2.56. The second kappa shape index (κ2) is 7.88. The smallest absolute Gasteiger partial charge is 0.0963 e. The molecule has 0 radical (unpaired) electrons. The van der Waals surface area contributed by atoms with Crippen molar-refractivity contribution in [2.45, 2.75) is 77.7 Å². The molecular formula is C16H33N3. The fourth-order valence-electron chi connectivity index (χ4n) is 2.94. The number of nitrogens with one attached hydrogen (secondary N) is 1. The molecule has 0 aromatic carbocycles. The van der Waals surface area contributed by atoms with Gasteiger partial charge in [-0.2, -0.15) is 0 Å². The lowest BCUT2D eigenvalue weighted by atomic mass is 9.86. The molecule has 3 nitrogen and oxygen atoms in total. The molecule has 3 N–H and O–H groups in total. The topological polar surface area (TPSA) is 53.1 Å². The van der Waals surface area contributed by atoms with Gasteiger partial charge in [0, 0.05) is 11.5 Å². The highest BCUT2D eigenvalue weighted by atomic mass is 15.1. The fourth-order valence-corrected chi connectivity index (χ4v) is 2.94. The Labute approximate surface area is 119 Å². The first kappa shape index (κ1) is 16.5. The zero-order valence-corrected chi connectivity index (χ0v) is 13.2. The molecule has 0 aromatic heterocycles. The van der Waals surface area contributed by atoms with Crippen LogP contribution >= 0.6 is 0 Å². The molecule has 1 aliphatic carbocycles. The third kappa shape index (κ3) is 5.94. The number of rotatable bonds is 7. The van der Waals surface area contributed by atoms with E-state index in [1.54, 1.807) is 0 Å². The number of unbranched alkanes of at least 4 members (excludes halogenated alkanes) is 1. The highest BCUT2D eigenvalue weighted by Gasteiger charge is 2.21. The quantitative estimate of drug-likeness (QED) is 0.319. The summed E-state index contributed by atoms with van der Waals surface area (Å²) < 4.78 is 0. The van der Waals surface area contributed by atoms with Crippen molar-refractivity contribution in [1.29, 1.82) is 5.41 Å². The van der Waals surface area contributed by atoms with E-state index < -0.39 is 0 Å². The van der Waals surface area contributed by atoms with Crippen molar-refractivity contribution < 1.29 is 0 Å². The summed E-state index contributed by atoms with van der Waals surface area (Å²) in [5, 5.41) is 7.57. The molecule has 0 heterocycles. The number of nitrogens with zero attached hydrogens (tertiary/aromatic N) is 1. The summed E-state index contributed by atoms with van der Waals surface area (Å²) in [6.07, 6.45) is 11.9. The van der Waals surface area contributed by atoms with Crippen LogP contribution in [0.2, 0.25) is 0 Å². The largest absolute Gasteiger partial charge is 0.387 e. The third-order valence-corrected chi connectivity index (χ3v) is 4.74. The van der Waals surface area contributed by atoms with Gasteiger partial charge < -0.3 is 10.6 Å². The number of hydrogen-bond acceptors (Lipinski definition) is 2. The van der Waals surface area contributed by atoms with Gasteiger partial charge in [-0.15, -0.1) is 0 Å². The van der Waals surface area contributed by atoms with Gasteiger partial charge in [-0.3, -0.25) is 5.41 Å². The Kier molecular flexibility index (Phi) is 6.84. The lowest BCUT2D eigenvalue weighted by Gasteiger charge is -2.28. The molecule has 0 unspecified atom stereocenters. The molecule has 3 heteroatoms. The lowest BCUT2D eigenvalue weighted by Crippen LogP contribution is -2.33. The van der Waals surface area contributed by atoms with Gasteiger partial charge in [0.05, 0.1) is 5.84 Å². The summed E-state index contributed by atoms with van der Waals surface area (Å²) in [6, 6.07) is 0.809. The second-order valence-electron chi connectivity index (χ2n) is 6.88. The summed E-state index contributed by atoms with van der Waals surface area (Å²) in [5.74, 6) is 0.324. The van der Waals surface area contributed by atoms with Crippen molar-refractivity contribution in [2.75, 3.05) is 13.6 Å². The summed E-state index contributed by atoms with van der Waals surface area (Å²) in [7, 11) is 2.28. The van der Waals surface area contributed by atoms with Crippen LogP contribution < -0.4 is 5.73 Å². The Bertz CT molecular complexity index is 265. The maximum Gasteiger partial charge on any atom is 0.0963 e. The molecule has 1 fully saturated rings. The Morgan fingerprint density at radius 3 is 2.26 bits per heavy atom. The monoisotopic (exact) mass is 267 g/mol. The van der Waals surface area contributed by atoms with Gasteiger partial charge in [-0.05, 0) is 39.3 Å². The maximum atomic E-state index is 7.57. The molecule has 1 aliphatic rings. The first-order valence-corrected chi connectivity index (χ1v) is 7.98. The molecule has 112 valence electrons. The van der Waals surface area contributed by atoms with Crippen molar-refractivity contribution >= 4 is 5.84 Å². The predicted octanol–water partition coefficient (Wildman–Crippen LogP) is 3.77. The fraction of sp³-hybridized carbons (Fsp3) is 0.938. The van der Waals surface area contributed by atoms with Crippen LogP contribution in [0.25, 0.3) is 0 Å². The Balaban J connectivity index is 2.19. The zero-order chi connectivity index (χ0) is 14.3. The Morgan fingerprint density at radius 2 is 1.74 bits per heavy atom. The van der Waals surface area contributed by atoms with Crippen molar-refractivity contribution in [3.8, 4) is 0 Å². The van der Waals surface area contributed by atoms with Gasteiger partial charge in [-0.1, -0.05) is 46.0 Å². The average Bonchev–Trinajstić information content (AvgIpc) is 2.63. The highest BCUT2D eigenvalue weighted by Crippen LogP contribution is 2.24. The van der Waals surface area contributed by atoms with Crippen LogP contribution in [0, 0.1) is 10.8 Å². The number of nitrogens with two attached hydrogens (primary N) is 1. The minimum absolute atomic E-state index is 0.124. The zero-order valence-electron chi connectivity index (χ0n) is 13.2. The Hall–Kier alpha value is -0.570. The van der Waals surface area contributed by atoms with Crippen molar-refractivity contribution in [3.63, 3.8) is 0 Å². The van der Waals surface area contributed by atoms with Crippen LogP contribution in [0.5, 0.6) is 0 Å². The SMILES string of the molecule is CN(CCCCC(C)(C)C(=N)N)C1CCCCCC1. The van der Waals surface area contributed by atoms with E-state index in [-0.39, 0.29) is 5.41 Å². The molecule has 1 saturated carbocycles. The van der Waals surface area contributed by atoms with E-state index in [9.17, 15) is 0 Å². The van der Waals surface area contributed by atoms with Gasteiger partial charge in [0.15, 0.2) is 0 Å². The normalized spacial score (nSPS) is 18.5. The van der Waals surface area contributed by atoms with Crippen LogP contribution in [-0.4, -0.2) is 30.4 Å². The minimum atomic E-state index is -0.124. The maximum absolute atomic E-state index is 7.57. The van der Waals surface area contributed by atoms with E-state index in [4.69, 9.17) is 11.1 Å². The minimum Gasteiger partial charge on any atom is -0.387 e. The van der Waals surface area contributed by atoms with Crippen LogP contribution in [0.15, 0.2) is 0 Å². The summed E-state index contributed by atoms with van der Waals surface area (Å²) in [5.41, 5.74) is 5.50. The first-order chi connectivity index (χ1) is 8.93. The molecular weight excluding hydrogens is 234 g/mol. The molecule has 0 aromatic rings. The molecule has 0 bridgehead atoms. The van der Waals surface area contributed by atoms with Crippen molar-refractivity contribution in [3.05, 3.63) is 0 Å². The molecule has 0 spiro atoms. The van der Waals surface area contributed by atoms with Crippen molar-refractivity contribution in [1.82, 2.24) is 4.90 Å². The van der Waals surface area contributed by atoms with E-state index in [0.29, 0.717) is 5.84 Å². The number of hydrogen-bond donors (Lipinski definition) is 2.